The molecule has 1 heterocycles. The van der Waals surface area contributed by atoms with Crippen LogP contribution >= 0.6 is 0 Å². The maximum Gasteiger partial charge on any atom is 0.0994 e. The van der Waals surface area contributed by atoms with Crippen LogP contribution < -0.4 is 5.73 Å². The molecular weight excluding hydrogens is 210 g/mol. The Balaban J connectivity index is 2.14. The van der Waals surface area contributed by atoms with Crippen LogP contribution in [0.5, 0.6) is 0 Å². The lowest BCUT2D eigenvalue weighted by Gasteiger charge is -2.20. The average Bonchev–Trinajstić information content (AvgIpc) is 2.86. The average molecular weight is 227 g/mol. The van der Waals surface area contributed by atoms with E-state index in [1.54, 1.807) is 0 Å². The summed E-state index contributed by atoms with van der Waals surface area (Å²) in [6, 6.07) is 6.56. The van der Waals surface area contributed by atoms with E-state index in [2.05, 4.69) is 27.8 Å². The van der Waals surface area contributed by atoms with Crippen LogP contribution in [0.3, 0.4) is 0 Å². The van der Waals surface area contributed by atoms with Crippen molar-refractivity contribution in [3.63, 3.8) is 0 Å². The number of aryl methyl sites for hydroxylation is 1. The van der Waals surface area contributed by atoms with Crippen molar-refractivity contribution >= 4 is 0 Å². The largest absolute Gasteiger partial charge is 0.325 e. The third-order valence-corrected chi connectivity index (χ3v) is 3.56. The molecule has 0 saturated carbocycles. The topological polar surface area (TPSA) is 43.8 Å². The normalized spacial score (nSPS) is 14.6. The fourth-order valence-corrected chi connectivity index (χ4v) is 2.68. The van der Waals surface area contributed by atoms with Gasteiger partial charge in [-0.1, -0.05) is 12.1 Å². The highest BCUT2D eigenvalue weighted by molar-refractivity contribution is 5.48. The van der Waals surface area contributed by atoms with Gasteiger partial charge < -0.3 is 10.3 Å². The van der Waals surface area contributed by atoms with Crippen LogP contribution in [0.1, 0.15) is 29.7 Å². The van der Waals surface area contributed by atoms with Gasteiger partial charge in [0.15, 0.2) is 0 Å². The summed E-state index contributed by atoms with van der Waals surface area (Å²) in [4.78, 5) is 4.20. The molecule has 1 aromatic heterocycles. The van der Waals surface area contributed by atoms with Crippen molar-refractivity contribution in [3.05, 3.63) is 47.5 Å². The molecule has 1 aromatic carbocycles. The number of benzene rings is 1. The van der Waals surface area contributed by atoms with Crippen molar-refractivity contribution in [2.75, 3.05) is 0 Å². The van der Waals surface area contributed by atoms with Crippen LogP contribution in [0.4, 0.5) is 0 Å². The van der Waals surface area contributed by atoms with Crippen LogP contribution in [-0.2, 0) is 19.4 Å². The summed E-state index contributed by atoms with van der Waals surface area (Å²) in [7, 11) is 0. The summed E-state index contributed by atoms with van der Waals surface area (Å²) in [5, 5.41) is 0. The molecule has 0 spiro atoms. The third-order valence-electron chi connectivity index (χ3n) is 3.56. The molecule has 0 fully saturated rings. The number of fused-ring (bicyclic) bond motifs is 1. The number of rotatable bonds is 2. The smallest absolute Gasteiger partial charge is 0.0994 e. The summed E-state index contributed by atoms with van der Waals surface area (Å²) < 4.78 is 2.13. The molecule has 0 saturated heterocycles. The molecule has 0 atom stereocenters. The van der Waals surface area contributed by atoms with E-state index in [9.17, 15) is 0 Å². The summed E-state index contributed by atoms with van der Waals surface area (Å²) in [6.07, 6.45) is 8.69. The fraction of sp³-hybridized carbons (Fsp3) is 0.357. The number of nitrogens with zero attached hydrogens (tertiary/aromatic N) is 2. The van der Waals surface area contributed by atoms with Gasteiger partial charge in [-0.2, -0.15) is 0 Å². The highest BCUT2D eigenvalue weighted by atomic mass is 15.1. The highest BCUT2D eigenvalue weighted by Gasteiger charge is 2.14. The van der Waals surface area contributed by atoms with Crippen molar-refractivity contribution < 1.29 is 0 Å². The number of hydrogen-bond donors (Lipinski definition) is 1. The Morgan fingerprint density at radius 2 is 2.12 bits per heavy atom. The Kier molecular flexibility index (Phi) is 2.69. The lowest BCUT2D eigenvalue weighted by molar-refractivity contribution is 0.679. The third kappa shape index (κ3) is 1.76. The SMILES string of the molecule is NCc1cncn1-c1cccc2c1CCCC2. The number of imidazole rings is 1. The number of hydrogen-bond acceptors (Lipinski definition) is 2. The van der Waals surface area contributed by atoms with Crippen LogP contribution in [0.25, 0.3) is 5.69 Å². The Bertz CT molecular complexity index is 528. The zero-order chi connectivity index (χ0) is 11.7. The lowest BCUT2D eigenvalue weighted by Crippen LogP contribution is -2.11. The maximum absolute atomic E-state index is 5.75. The Morgan fingerprint density at radius 1 is 1.24 bits per heavy atom. The van der Waals surface area contributed by atoms with Crippen LogP contribution in [0.2, 0.25) is 0 Å². The molecule has 0 radical (unpaired) electrons. The number of nitrogens with two attached hydrogens (primary N) is 1. The summed E-state index contributed by atoms with van der Waals surface area (Å²) in [5.41, 5.74) is 11.1. The predicted octanol–water partition coefficient (Wildman–Crippen LogP) is 2.21. The van der Waals surface area contributed by atoms with E-state index in [1.807, 2.05) is 12.5 Å². The van der Waals surface area contributed by atoms with Gasteiger partial charge in [0, 0.05) is 12.7 Å². The fourth-order valence-electron chi connectivity index (χ4n) is 2.68. The first-order valence-corrected chi connectivity index (χ1v) is 6.22. The van der Waals surface area contributed by atoms with Crippen LogP contribution in [-0.4, -0.2) is 9.55 Å². The molecule has 1 aliphatic rings. The second-order valence-electron chi connectivity index (χ2n) is 4.58. The molecule has 3 heteroatoms. The van der Waals surface area contributed by atoms with E-state index >= 15 is 0 Å². The maximum atomic E-state index is 5.75. The minimum Gasteiger partial charge on any atom is -0.325 e. The van der Waals surface area contributed by atoms with Crippen molar-refractivity contribution in [1.29, 1.82) is 0 Å². The Morgan fingerprint density at radius 3 is 3.00 bits per heavy atom. The summed E-state index contributed by atoms with van der Waals surface area (Å²) >= 11 is 0. The molecule has 0 aliphatic heterocycles. The molecule has 1 aliphatic carbocycles. The second-order valence-corrected chi connectivity index (χ2v) is 4.58. The van der Waals surface area contributed by atoms with E-state index in [0.717, 1.165) is 5.69 Å². The van der Waals surface area contributed by atoms with Gasteiger partial charge in [-0.05, 0) is 42.9 Å². The van der Waals surface area contributed by atoms with E-state index in [1.165, 1.54) is 42.5 Å². The van der Waals surface area contributed by atoms with Gasteiger partial charge in [0.25, 0.3) is 0 Å². The van der Waals surface area contributed by atoms with E-state index < -0.39 is 0 Å². The molecule has 0 amide bonds. The van der Waals surface area contributed by atoms with Crippen molar-refractivity contribution in [3.8, 4) is 5.69 Å². The molecule has 3 rings (SSSR count). The minimum atomic E-state index is 0.531. The number of aromatic nitrogens is 2. The first kappa shape index (κ1) is 10.5. The zero-order valence-corrected chi connectivity index (χ0v) is 9.89. The lowest BCUT2D eigenvalue weighted by atomic mass is 9.90. The first-order chi connectivity index (χ1) is 8.40. The standard InChI is InChI=1S/C14H17N3/c15-8-12-9-16-10-17(12)14-7-3-5-11-4-1-2-6-13(11)14/h3,5,7,9-10H,1-2,4,6,8,15H2. The molecule has 2 aromatic rings. The molecule has 88 valence electrons. The van der Waals surface area contributed by atoms with Gasteiger partial charge >= 0.3 is 0 Å². The Hall–Kier alpha value is -1.61. The quantitative estimate of drug-likeness (QED) is 0.854. The van der Waals surface area contributed by atoms with E-state index in [-0.39, 0.29) is 0 Å². The zero-order valence-electron chi connectivity index (χ0n) is 9.89. The predicted molar refractivity (Wildman–Crippen MR) is 68.1 cm³/mol. The first-order valence-electron chi connectivity index (χ1n) is 6.22. The van der Waals surface area contributed by atoms with Gasteiger partial charge in [0.2, 0.25) is 0 Å². The molecule has 0 unspecified atom stereocenters. The van der Waals surface area contributed by atoms with Crippen LogP contribution in [0.15, 0.2) is 30.7 Å². The molecule has 0 bridgehead atoms. The van der Waals surface area contributed by atoms with Gasteiger partial charge in [0.05, 0.1) is 17.7 Å². The summed E-state index contributed by atoms with van der Waals surface area (Å²) in [6.45, 7) is 0.531. The van der Waals surface area contributed by atoms with Gasteiger partial charge in [-0.3, -0.25) is 0 Å². The van der Waals surface area contributed by atoms with Gasteiger partial charge in [0.1, 0.15) is 0 Å². The monoisotopic (exact) mass is 227 g/mol. The Labute approximate surface area is 101 Å². The summed E-state index contributed by atoms with van der Waals surface area (Å²) in [5.74, 6) is 0. The second kappa shape index (κ2) is 4.34. The molecule has 17 heavy (non-hydrogen) atoms. The molecule has 3 nitrogen and oxygen atoms in total. The van der Waals surface area contributed by atoms with Crippen molar-refractivity contribution in [2.24, 2.45) is 5.73 Å². The van der Waals surface area contributed by atoms with Crippen molar-refractivity contribution in [1.82, 2.24) is 9.55 Å². The van der Waals surface area contributed by atoms with Crippen molar-refractivity contribution in [2.45, 2.75) is 32.2 Å². The van der Waals surface area contributed by atoms with Gasteiger partial charge in [-0.25, -0.2) is 4.98 Å². The molecule has 2 N–H and O–H groups in total. The van der Waals surface area contributed by atoms with Crippen LogP contribution in [0, 0.1) is 0 Å². The molecular formula is C14H17N3. The highest BCUT2D eigenvalue weighted by Crippen LogP contribution is 2.27. The van der Waals surface area contributed by atoms with E-state index in [4.69, 9.17) is 5.73 Å². The van der Waals surface area contributed by atoms with Gasteiger partial charge in [-0.15, -0.1) is 0 Å². The minimum absolute atomic E-state index is 0.531. The van der Waals surface area contributed by atoms with E-state index in [0.29, 0.717) is 6.54 Å².